The number of hydrogen-bond acceptors (Lipinski definition) is 4. The van der Waals surface area contributed by atoms with Crippen LogP contribution in [0.15, 0.2) is 9.52 Å². The Morgan fingerprint density at radius 1 is 1.33 bits per heavy atom. The van der Waals surface area contributed by atoms with Crippen molar-refractivity contribution < 1.29 is 4.52 Å². The van der Waals surface area contributed by atoms with E-state index in [1.165, 1.54) is 25.7 Å². The van der Waals surface area contributed by atoms with Gasteiger partial charge in [0.25, 0.3) is 0 Å². The van der Waals surface area contributed by atoms with Gasteiger partial charge in [-0.05, 0) is 24.7 Å². The van der Waals surface area contributed by atoms with Crippen molar-refractivity contribution in [3.8, 4) is 0 Å². The molecule has 0 amide bonds. The van der Waals surface area contributed by atoms with E-state index in [9.17, 15) is 0 Å². The SMILES string of the molecule is CN=C(NCc1noc(C)n1)N1CC2CCCCC2C1.I. The molecule has 6 nitrogen and oxygen atoms in total. The van der Waals surface area contributed by atoms with Crippen molar-refractivity contribution in [3.63, 3.8) is 0 Å². The molecule has 118 valence electrons. The Morgan fingerprint density at radius 2 is 2.00 bits per heavy atom. The summed E-state index contributed by atoms with van der Waals surface area (Å²) in [5.74, 6) is 3.95. The van der Waals surface area contributed by atoms with Gasteiger partial charge in [-0.25, -0.2) is 0 Å². The maximum atomic E-state index is 4.98. The van der Waals surface area contributed by atoms with Crippen molar-refractivity contribution in [2.45, 2.75) is 39.2 Å². The molecule has 0 radical (unpaired) electrons. The molecule has 2 unspecified atom stereocenters. The van der Waals surface area contributed by atoms with Gasteiger partial charge in [0, 0.05) is 27.1 Å². The van der Waals surface area contributed by atoms with E-state index in [0.29, 0.717) is 18.3 Å². The number of guanidine groups is 1. The number of nitrogens with one attached hydrogen (secondary N) is 1. The monoisotopic (exact) mass is 405 g/mol. The molecule has 2 aliphatic rings. The van der Waals surface area contributed by atoms with Crippen LogP contribution in [0.3, 0.4) is 0 Å². The summed E-state index contributed by atoms with van der Waals surface area (Å²) < 4.78 is 4.98. The van der Waals surface area contributed by atoms with Crippen LogP contribution < -0.4 is 5.32 Å². The molecule has 3 rings (SSSR count). The summed E-state index contributed by atoms with van der Waals surface area (Å²) in [6, 6.07) is 0. The van der Waals surface area contributed by atoms with Crippen molar-refractivity contribution in [1.29, 1.82) is 0 Å². The van der Waals surface area contributed by atoms with E-state index in [2.05, 4.69) is 25.3 Å². The van der Waals surface area contributed by atoms with Gasteiger partial charge in [0.2, 0.25) is 5.89 Å². The highest BCUT2D eigenvalue weighted by molar-refractivity contribution is 14.0. The van der Waals surface area contributed by atoms with E-state index >= 15 is 0 Å². The predicted molar refractivity (Wildman–Crippen MR) is 91.7 cm³/mol. The molecular weight excluding hydrogens is 381 g/mol. The summed E-state index contributed by atoms with van der Waals surface area (Å²) in [7, 11) is 1.84. The van der Waals surface area contributed by atoms with Crippen LogP contribution in [0, 0.1) is 18.8 Å². The molecule has 1 aliphatic carbocycles. The smallest absolute Gasteiger partial charge is 0.223 e. The molecule has 7 heteroatoms. The highest BCUT2D eigenvalue weighted by atomic mass is 127. The lowest BCUT2D eigenvalue weighted by atomic mass is 9.82. The van der Waals surface area contributed by atoms with Gasteiger partial charge in [-0.3, -0.25) is 4.99 Å². The van der Waals surface area contributed by atoms with Crippen molar-refractivity contribution in [1.82, 2.24) is 20.4 Å². The zero-order valence-electron chi connectivity index (χ0n) is 12.7. The average Bonchev–Trinajstić information content (AvgIpc) is 3.05. The molecule has 1 aliphatic heterocycles. The second-order valence-corrected chi connectivity index (χ2v) is 5.84. The van der Waals surface area contributed by atoms with Crippen LogP contribution in [-0.4, -0.2) is 41.1 Å². The van der Waals surface area contributed by atoms with Crippen molar-refractivity contribution in [2.75, 3.05) is 20.1 Å². The molecule has 1 saturated heterocycles. The second-order valence-electron chi connectivity index (χ2n) is 5.84. The molecule has 2 fully saturated rings. The Balaban J connectivity index is 0.00000161. The van der Waals surface area contributed by atoms with Gasteiger partial charge in [0.15, 0.2) is 11.8 Å². The minimum Gasteiger partial charge on any atom is -0.349 e. The number of hydrogen-bond donors (Lipinski definition) is 1. The predicted octanol–water partition coefficient (Wildman–Crippen LogP) is 2.19. The van der Waals surface area contributed by atoms with Gasteiger partial charge in [-0.1, -0.05) is 18.0 Å². The van der Waals surface area contributed by atoms with Gasteiger partial charge < -0.3 is 14.7 Å². The standard InChI is InChI=1S/C14H23N5O.HI/c1-10-17-13(18-20-10)7-16-14(15-2)19-8-11-5-3-4-6-12(11)9-19;/h11-12H,3-9H2,1-2H3,(H,15,16);1H. The van der Waals surface area contributed by atoms with E-state index < -0.39 is 0 Å². The minimum atomic E-state index is 0. The van der Waals surface area contributed by atoms with E-state index in [1.807, 2.05) is 7.05 Å². The molecule has 1 aromatic heterocycles. The lowest BCUT2D eigenvalue weighted by Crippen LogP contribution is -2.40. The van der Waals surface area contributed by atoms with E-state index in [4.69, 9.17) is 4.52 Å². The Kier molecular flexibility index (Phi) is 5.83. The minimum absolute atomic E-state index is 0. The van der Waals surface area contributed by atoms with Gasteiger partial charge in [0.05, 0.1) is 6.54 Å². The van der Waals surface area contributed by atoms with E-state index in [-0.39, 0.29) is 24.0 Å². The van der Waals surface area contributed by atoms with Crippen LogP contribution in [0.25, 0.3) is 0 Å². The number of rotatable bonds is 2. The number of likely N-dealkylation sites (tertiary alicyclic amines) is 1. The Hall–Kier alpha value is -0.860. The number of aryl methyl sites for hydroxylation is 1. The van der Waals surface area contributed by atoms with Crippen molar-refractivity contribution in [2.24, 2.45) is 16.8 Å². The lowest BCUT2D eigenvalue weighted by Gasteiger charge is -2.22. The van der Waals surface area contributed by atoms with Crippen LogP contribution in [-0.2, 0) is 6.54 Å². The molecule has 2 heterocycles. The van der Waals surface area contributed by atoms with Gasteiger partial charge in [-0.2, -0.15) is 4.98 Å². The van der Waals surface area contributed by atoms with Crippen LogP contribution in [0.5, 0.6) is 0 Å². The first-order valence-electron chi connectivity index (χ1n) is 7.51. The molecule has 1 aromatic rings. The molecule has 0 aromatic carbocycles. The zero-order valence-corrected chi connectivity index (χ0v) is 15.0. The maximum Gasteiger partial charge on any atom is 0.223 e. The average molecular weight is 405 g/mol. The van der Waals surface area contributed by atoms with Gasteiger partial charge in [-0.15, -0.1) is 24.0 Å². The summed E-state index contributed by atoms with van der Waals surface area (Å²) in [6.45, 7) is 4.64. The summed E-state index contributed by atoms with van der Waals surface area (Å²) in [5.41, 5.74) is 0. The molecule has 1 N–H and O–H groups in total. The quantitative estimate of drug-likeness (QED) is 0.464. The van der Waals surface area contributed by atoms with Crippen LogP contribution in [0.4, 0.5) is 0 Å². The zero-order chi connectivity index (χ0) is 13.9. The fourth-order valence-corrected chi connectivity index (χ4v) is 3.48. The summed E-state index contributed by atoms with van der Waals surface area (Å²) in [4.78, 5) is 11.0. The Bertz CT molecular complexity index is 475. The first-order valence-corrected chi connectivity index (χ1v) is 7.51. The summed E-state index contributed by atoms with van der Waals surface area (Å²) in [6.07, 6.45) is 5.54. The molecule has 0 spiro atoms. The molecule has 21 heavy (non-hydrogen) atoms. The van der Waals surface area contributed by atoms with Crippen LogP contribution >= 0.6 is 24.0 Å². The third kappa shape index (κ3) is 3.87. The van der Waals surface area contributed by atoms with Gasteiger partial charge in [0.1, 0.15) is 0 Å². The maximum absolute atomic E-state index is 4.98. The first-order chi connectivity index (χ1) is 9.76. The summed E-state index contributed by atoms with van der Waals surface area (Å²) in [5, 5.41) is 7.24. The van der Waals surface area contributed by atoms with Crippen molar-refractivity contribution >= 4 is 29.9 Å². The largest absolute Gasteiger partial charge is 0.349 e. The van der Waals surface area contributed by atoms with Crippen molar-refractivity contribution in [3.05, 3.63) is 11.7 Å². The fraction of sp³-hybridized carbons (Fsp3) is 0.786. The third-order valence-corrected chi connectivity index (χ3v) is 4.46. The Labute approximate surface area is 142 Å². The molecule has 2 atom stereocenters. The number of nitrogens with zero attached hydrogens (tertiary/aromatic N) is 4. The molecule has 0 bridgehead atoms. The number of aromatic nitrogens is 2. The number of halogens is 1. The second kappa shape index (κ2) is 7.42. The summed E-state index contributed by atoms with van der Waals surface area (Å²) >= 11 is 0. The molecular formula is C14H24IN5O. The highest BCUT2D eigenvalue weighted by Crippen LogP contribution is 2.35. The number of aliphatic imine (C=N–C) groups is 1. The van der Waals surface area contributed by atoms with Gasteiger partial charge >= 0.3 is 0 Å². The lowest BCUT2D eigenvalue weighted by molar-refractivity contribution is 0.299. The topological polar surface area (TPSA) is 66.5 Å². The van der Waals surface area contributed by atoms with E-state index in [0.717, 1.165) is 30.9 Å². The first kappa shape index (κ1) is 16.5. The normalized spacial score (nSPS) is 25.4. The van der Waals surface area contributed by atoms with Crippen LogP contribution in [0.2, 0.25) is 0 Å². The number of fused-ring (bicyclic) bond motifs is 1. The van der Waals surface area contributed by atoms with Crippen LogP contribution in [0.1, 0.15) is 37.4 Å². The fourth-order valence-electron chi connectivity index (χ4n) is 3.48. The Morgan fingerprint density at radius 3 is 2.52 bits per heavy atom. The highest BCUT2D eigenvalue weighted by Gasteiger charge is 2.35. The van der Waals surface area contributed by atoms with E-state index in [1.54, 1.807) is 6.92 Å². The third-order valence-electron chi connectivity index (χ3n) is 4.46. The molecule has 1 saturated carbocycles.